The van der Waals surface area contributed by atoms with Crippen LogP contribution < -0.4 is 9.64 Å². The molecular weight excluding hydrogens is 238 g/mol. The van der Waals surface area contributed by atoms with Crippen LogP contribution in [0, 0.1) is 12.8 Å². The first-order chi connectivity index (χ1) is 8.19. The molecule has 0 spiro atoms. The summed E-state index contributed by atoms with van der Waals surface area (Å²) in [5.41, 5.74) is 0.985. The van der Waals surface area contributed by atoms with E-state index in [4.69, 9.17) is 16.3 Å². The van der Waals surface area contributed by atoms with Crippen molar-refractivity contribution in [2.75, 3.05) is 24.4 Å². The minimum absolute atomic E-state index is 0.356. The van der Waals surface area contributed by atoms with E-state index < -0.39 is 0 Å². The molecule has 1 saturated heterocycles. The molecule has 4 nitrogen and oxygen atoms in total. The number of hydrogen-bond acceptors (Lipinski definition) is 4. The fourth-order valence-electron chi connectivity index (χ4n) is 2.43. The summed E-state index contributed by atoms with van der Waals surface area (Å²) in [6.45, 7) is 5.23. The van der Waals surface area contributed by atoms with Crippen LogP contribution in [0.25, 0.3) is 0 Å². The van der Waals surface area contributed by atoms with Gasteiger partial charge in [0.2, 0.25) is 5.88 Å². The Kier molecular flexibility index (Phi) is 3.72. The second-order valence-corrected chi connectivity index (χ2v) is 4.82. The second-order valence-electron chi connectivity index (χ2n) is 4.51. The minimum atomic E-state index is 0.356. The van der Waals surface area contributed by atoms with Crippen LogP contribution in [0.4, 0.5) is 5.82 Å². The van der Waals surface area contributed by atoms with Gasteiger partial charge in [-0.05, 0) is 19.3 Å². The van der Waals surface area contributed by atoms with Crippen LogP contribution in [0.2, 0.25) is 0 Å². The molecule has 0 bridgehead atoms. The van der Waals surface area contributed by atoms with Gasteiger partial charge >= 0.3 is 0 Å². The molecule has 2 unspecified atom stereocenters. The molecule has 2 rings (SSSR count). The zero-order valence-corrected chi connectivity index (χ0v) is 11.2. The molecule has 0 aromatic carbocycles. The Labute approximate surface area is 107 Å². The molecular formula is C12H18ClN3O. The van der Waals surface area contributed by atoms with Crippen molar-refractivity contribution in [2.45, 2.75) is 26.3 Å². The number of anilines is 1. The summed E-state index contributed by atoms with van der Waals surface area (Å²) in [5.74, 6) is 2.83. The van der Waals surface area contributed by atoms with Crippen molar-refractivity contribution < 1.29 is 4.74 Å². The van der Waals surface area contributed by atoms with Gasteiger partial charge in [-0.3, -0.25) is 0 Å². The average molecular weight is 256 g/mol. The Morgan fingerprint density at radius 3 is 2.94 bits per heavy atom. The Hall–Kier alpha value is -1.03. The highest BCUT2D eigenvalue weighted by Crippen LogP contribution is 2.32. The number of ether oxygens (including phenoxy) is 1. The number of nitrogens with zero attached hydrogens (tertiary/aromatic N) is 3. The molecule has 2 atom stereocenters. The number of halogens is 1. The molecule has 94 valence electrons. The molecule has 1 aliphatic rings. The highest BCUT2D eigenvalue weighted by atomic mass is 35.5. The molecule has 1 fully saturated rings. The van der Waals surface area contributed by atoms with Crippen molar-refractivity contribution in [1.82, 2.24) is 9.97 Å². The lowest BCUT2D eigenvalue weighted by Crippen LogP contribution is -2.34. The van der Waals surface area contributed by atoms with E-state index in [2.05, 4.69) is 21.8 Å². The molecule has 0 radical (unpaired) electrons. The summed E-state index contributed by atoms with van der Waals surface area (Å²) in [5, 5.41) is 0. The average Bonchev–Trinajstić information content (AvgIpc) is 2.70. The second kappa shape index (κ2) is 5.08. The highest BCUT2D eigenvalue weighted by molar-refractivity contribution is 6.18. The maximum Gasteiger partial charge on any atom is 0.221 e. The lowest BCUT2D eigenvalue weighted by molar-refractivity contribution is 0.393. The van der Waals surface area contributed by atoms with Gasteiger partial charge in [0.25, 0.3) is 0 Å². The molecule has 5 heteroatoms. The third-order valence-corrected chi connectivity index (χ3v) is 3.83. The number of alkyl halides is 1. The molecule has 1 aromatic heterocycles. The van der Waals surface area contributed by atoms with Crippen LogP contribution in [0.5, 0.6) is 5.88 Å². The lowest BCUT2D eigenvalue weighted by atomic mass is 10.1. The van der Waals surface area contributed by atoms with Crippen LogP contribution in [0.15, 0.2) is 6.33 Å². The summed E-state index contributed by atoms with van der Waals surface area (Å²) in [6, 6.07) is 0.356. The maximum atomic E-state index is 6.06. The first kappa shape index (κ1) is 12.4. The molecule has 0 N–H and O–H groups in total. The van der Waals surface area contributed by atoms with Crippen molar-refractivity contribution in [2.24, 2.45) is 5.92 Å². The lowest BCUT2D eigenvalue weighted by Gasteiger charge is -2.27. The standard InChI is InChI=1S/C12H18ClN3O/c1-8-4-5-16(10(8)6-13)11-9(2)12(17-3)15-7-14-11/h7-8,10H,4-6H2,1-3H3. The third kappa shape index (κ3) is 2.18. The number of rotatable bonds is 3. The first-order valence-corrected chi connectivity index (χ1v) is 6.40. The summed E-state index contributed by atoms with van der Waals surface area (Å²) in [6.07, 6.45) is 2.71. The summed E-state index contributed by atoms with van der Waals surface area (Å²) in [4.78, 5) is 10.8. The minimum Gasteiger partial charge on any atom is -0.481 e. The molecule has 0 amide bonds. The van der Waals surface area contributed by atoms with Gasteiger partial charge in [-0.1, -0.05) is 6.92 Å². The van der Waals surface area contributed by atoms with Crippen molar-refractivity contribution in [3.63, 3.8) is 0 Å². The quantitative estimate of drug-likeness (QED) is 0.777. The normalized spacial score (nSPS) is 24.1. The van der Waals surface area contributed by atoms with E-state index in [1.54, 1.807) is 13.4 Å². The number of methoxy groups -OCH3 is 1. The smallest absolute Gasteiger partial charge is 0.221 e. The van der Waals surface area contributed by atoms with E-state index >= 15 is 0 Å². The molecule has 0 saturated carbocycles. The van der Waals surface area contributed by atoms with Gasteiger partial charge in [0.05, 0.1) is 12.7 Å². The molecule has 2 heterocycles. The summed E-state index contributed by atoms with van der Waals surface area (Å²) >= 11 is 6.06. The van der Waals surface area contributed by atoms with E-state index in [0.29, 0.717) is 23.7 Å². The number of aromatic nitrogens is 2. The third-order valence-electron chi connectivity index (χ3n) is 3.52. The molecule has 17 heavy (non-hydrogen) atoms. The van der Waals surface area contributed by atoms with E-state index in [1.165, 1.54) is 0 Å². The Morgan fingerprint density at radius 1 is 1.53 bits per heavy atom. The zero-order chi connectivity index (χ0) is 12.4. The zero-order valence-electron chi connectivity index (χ0n) is 10.5. The van der Waals surface area contributed by atoms with Gasteiger partial charge in [0.15, 0.2) is 0 Å². The maximum absolute atomic E-state index is 6.06. The molecule has 1 aromatic rings. The van der Waals surface area contributed by atoms with E-state index in [-0.39, 0.29) is 0 Å². The first-order valence-electron chi connectivity index (χ1n) is 5.87. The molecule has 0 aliphatic carbocycles. The predicted molar refractivity (Wildman–Crippen MR) is 69.0 cm³/mol. The van der Waals surface area contributed by atoms with Crippen LogP contribution in [0.3, 0.4) is 0 Å². The highest BCUT2D eigenvalue weighted by Gasteiger charge is 2.32. The van der Waals surface area contributed by atoms with Crippen molar-refractivity contribution in [3.05, 3.63) is 11.9 Å². The fourth-order valence-corrected chi connectivity index (χ4v) is 2.90. The van der Waals surface area contributed by atoms with Crippen molar-refractivity contribution in [3.8, 4) is 5.88 Å². The Morgan fingerprint density at radius 2 is 2.29 bits per heavy atom. The predicted octanol–water partition coefficient (Wildman–Crippen LogP) is 2.25. The Balaban J connectivity index is 2.34. The number of hydrogen-bond donors (Lipinski definition) is 0. The van der Waals surface area contributed by atoms with Gasteiger partial charge in [0, 0.05) is 18.5 Å². The van der Waals surface area contributed by atoms with Crippen LogP contribution in [-0.2, 0) is 0 Å². The van der Waals surface area contributed by atoms with Gasteiger partial charge < -0.3 is 9.64 Å². The van der Waals surface area contributed by atoms with Gasteiger partial charge in [0.1, 0.15) is 12.1 Å². The van der Waals surface area contributed by atoms with Gasteiger partial charge in [-0.2, -0.15) is 0 Å². The van der Waals surface area contributed by atoms with E-state index in [9.17, 15) is 0 Å². The van der Waals surface area contributed by atoms with E-state index in [0.717, 1.165) is 24.3 Å². The van der Waals surface area contributed by atoms with Crippen LogP contribution in [-0.4, -0.2) is 35.5 Å². The largest absolute Gasteiger partial charge is 0.481 e. The topological polar surface area (TPSA) is 38.3 Å². The monoisotopic (exact) mass is 255 g/mol. The van der Waals surface area contributed by atoms with Gasteiger partial charge in [-0.25, -0.2) is 9.97 Å². The fraction of sp³-hybridized carbons (Fsp3) is 0.667. The van der Waals surface area contributed by atoms with Crippen molar-refractivity contribution >= 4 is 17.4 Å². The van der Waals surface area contributed by atoms with Crippen molar-refractivity contribution in [1.29, 1.82) is 0 Å². The van der Waals surface area contributed by atoms with Gasteiger partial charge in [-0.15, -0.1) is 11.6 Å². The van der Waals surface area contributed by atoms with Crippen LogP contribution in [0.1, 0.15) is 18.9 Å². The summed E-state index contributed by atoms with van der Waals surface area (Å²) in [7, 11) is 1.63. The summed E-state index contributed by atoms with van der Waals surface area (Å²) < 4.78 is 5.23. The van der Waals surface area contributed by atoms with Crippen LogP contribution >= 0.6 is 11.6 Å². The Bertz CT molecular complexity index is 399. The van der Waals surface area contributed by atoms with E-state index in [1.807, 2.05) is 6.92 Å². The SMILES string of the molecule is COc1ncnc(N2CCC(C)C2CCl)c1C. The molecule has 1 aliphatic heterocycles.